The first kappa shape index (κ1) is 16.6. The molecule has 2 amide bonds. The molecule has 0 unspecified atom stereocenters. The average molecular weight is 364 g/mol. The molecule has 0 bridgehead atoms. The molecule has 0 atom stereocenters. The maximum absolute atomic E-state index is 12.5. The van der Waals surface area contributed by atoms with Gasteiger partial charge in [-0.2, -0.15) is 5.10 Å². The highest BCUT2D eigenvalue weighted by Gasteiger charge is 2.17. The predicted molar refractivity (Wildman–Crippen MR) is 96.6 cm³/mol. The summed E-state index contributed by atoms with van der Waals surface area (Å²) in [6.45, 7) is 1.57. The van der Waals surface area contributed by atoms with Gasteiger partial charge >= 0.3 is 0 Å². The first-order valence-electron chi connectivity index (χ1n) is 8.29. The van der Waals surface area contributed by atoms with Gasteiger partial charge in [-0.1, -0.05) is 0 Å². The molecule has 0 spiro atoms. The normalized spacial score (nSPS) is 13.9. The van der Waals surface area contributed by atoms with Crippen LogP contribution in [0.4, 0.5) is 11.5 Å². The van der Waals surface area contributed by atoms with Gasteiger partial charge in [0, 0.05) is 24.8 Å². The zero-order valence-electron chi connectivity index (χ0n) is 14.2. The summed E-state index contributed by atoms with van der Waals surface area (Å²) >= 11 is 0. The molecule has 4 heterocycles. The lowest BCUT2D eigenvalue weighted by molar-refractivity contribution is -0.120. The summed E-state index contributed by atoms with van der Waals surface area (Å²) in [5.74, 6) is 0.879. The van der Waals surface area contributed by atoms with Crippen molar-refractivity contribution in [3.05, 3.63) is 54.9 Å². The Bertz CT molecular complexity index is 955. The highest BCUT2D eigenvalue weighted by molar-refractivity contribution is 6.04. The van der Waals surface area contributed by atoms with E-state index in [1.807, 2.05) is 4.90 Å². The molecular weight excluding hydrogens is 348 g/mol. The largest absolute Gasteiger partial charge is 0.353 e. The summed E-state index contributed by atoms with van der Waals surface area (Å²) in [5, 5.41) is 9.57. The monoisotopic (exact) mass is 364 g/mol. The molecule has 1 fully saturated rings. The van der Waals surface area contributed by atoms with Crippen LogP contribution in [0.15, 0.2) is 49.3 Å². The molecule has 27 heavy (non-hydrogen) atoms. The van der Waals surface area contributed by atoms with Crippen molar-refractivity contribution in [1.82, 2.24) is 30.0 Å². The Labute approximate surface area is 154 Å². The van der Waals surface area contributed by atoms with Gasteiger partial charge in [0.25, 0.3) is 5.91 Å². The molecule has 136 valence electrons. The maximum atomic E-state index is 12.5. The van der Waals surface area contributed by atoms with E-state index in [2.05, 4.69) is 30.7 Å². The maximum Gasteiger partial charge on any atom is 0.255 e. The lowest BCUT2D eigenvalue weighted by atomic mass is 10.2. The molecule has 0 radical (unpaired) electrons. The molecule has 2 N–H and O–H groups in total. The van der Waals surface area contributed by atoms with E-state index in [1.165, 1.54) is 23.5 Å². The molecule has 1 saturated heterocycles. The van der Waals surface area contributed by atoms with Crippen LogP contribution in [0.2, 0.25) is 0 Å². The van der Waals surface area contributed by atoms with Gasteiger partial charge in [-0.25, -0.2) is 19.6 Å². The van der Waals surface area contributed by atoms with Crippen molar-refractivity contribution in [2.75, 3.05) is 29.9 Å². The second kappa shape index (κ2) is 7.20. The number of aromatic nitrogens is 5. The fourth-order valence-corrected chi connectivity index (χ4v) is 2.70. The van der Waals surface area contributed by atoms with Crippen LogP contribution in [-0.4, -0.2) is 56.2 Å². The number of rotatable bonds is 4. The zero-order chi connectivity index (χ0) is 18.6. The van der Waals surface area contributed by atoms with Gasteiger partial charge in [0.2, 0.25) is 5.91 Å². The van der Waals surface area contributed by atoms with Crippen LogP contribution in [0.3, 0.4) is 0 Å². The summed E-state index contributed by atoms with van der Waals surface area (Å²) in [7, 11) is 0. The number of nitrogens with one attached hydrogen (secondary N) is 2. The summed E-state index contributed by atoms with van der Waals surface area (Å²) in [5.41, 5.74) is 0.997. The van der Waals surface area contributed by atoms with Gasteiger partial charge in [-0.05, 0) is 24.3 Å². The van der Waals surface area contributed by atoms with E-state index >= 15 is 0 Å². The minimum absolute atomic E-state index is 0.0266. The summed E-state index contributed by atoms with van der Waals surface area (Å²) < 4.78 is 1.47. The van der Waals surface area contributed by atoms with E-state index in [9.17, 15) is 9.59 Å². The van der Waals surface area contributed by atoms with Crippen LogP contribution < -0.4 is 15.5 Å². The fraction of sp³-hybridized carbons (Fsp3) is 0.176. The third kappa shape index (κ3) is 3.73. The van der Waals surface area contributed by atoms with Crippen molar-refractivity contribution in [3.8, 4) is 5.82 Å². The minimum Gasteiger partial charge on any atom is -0.353 e. The van der Waals surface area contributed by atoms with E-state index in [0.717, 1.165) is 0 Å². The van der Waals surface area contributed by atoms with E-state index in [-0.39, 0.29) is 18.4 Å². The molecule has 0 aromatic carbocycles. The Kier molecular flexibility index (Phi) is 4.44. The number of anilines is 2. The highest BCUT2D eigenvalue weighted by atomic mass is 16.2. The topological polar surface area (TPSA) is 118 Å². The molecule has 1 aliphatic rings. The SMILES string of the molecule is O=C1CN(c2ccc(NC(=O)c3ccnc(-n4cncn4)c3)cn2)CCN1. The van der Waals surface area contributed by atoms with Gasteiger partial charge in [-0.15, -0.1) is 0 Å². The van der Waals surface area contributed by atoms with E-state index in [0.29, 0.717) is 36.0 Å². The van der Waals surface area contributed by atoms with Gasteiger partial charge in [-0.3, -0.25) is 9.59 Å². The molecular formula is C17H16N8O2. The molecule has 1 aliphatic heterocycles. The minimum atomic E-state index is -0.286. The van der Waals surface area contributed by atoms with Crippen molar-refractivity contribution in [3.63, 3.8) is 0 Å². The first-order valence-corrected chi connectivity index (χ1v) is 8.29. The predicted octanol–water partition coefficient (Wildman–Crippen LogP) is 0.246. The summed E-state index contributed by atoms with van der Waals surface area (Å²) in [6.07, 6.45) is 6.01. The molecule has 10 heteroatoms. The van der Waals surface area contributed by atoms with Crippen LogP contribution in [0.5, 0.6) is 0 Å². The van der Waals surface area contributed by atoms with E-state index in [4.69, 9.17) is 0 Å². The first-order chi connectivity index (χ1) is 13.2. The zero-order valence-corrected chi connectivity index (χ0v) is 14.2. The van der Waals surface area contributed by atoms with Gasteiger partial charge in [0.1, 0.15) is 18.5 Å². The van der Waals surface area contributed by atoms with Crippen LogP contribution in [-0.2, 0) is 4.79 Å². The van der Waals surface area contributed by atoms with Gasteiger partial charge in [0.05, 0.1) is 18.4 Å². The molecule has 10 nitrogen and oxygen atoms in total. The summed E-state index contributed by atoms with van der Waals surface area (Å²) in [6, 6.07) is 6.77. The van der Waals surface area contributed by atoms with E-state index in [1.54, 1.807) is 30.5 Å². The second-order valence-corrected chi connectivity index (χ2v) is 5.87. The van der Waals surface area contributed by atoms with Crippen molar-refractivity contribution < 1.29 is 9.59 Å². The van der Waals surface area contributed by atoms with E-state index < -0.39 is 0 Å². The number of nitrogens with zero attached hydrogens (tertiary/aromatic N) is 6. The number of hydrogen-bond donors (Lipinski definition) is 2. The fourth-order valence-electron chi connectivity index (χ4n) is 2.70. The molecule has 3 aromatic rings. The van der Waals surface area contributed by atoms with Crippen LogP contribution in [0.25, 0.3) is 5.82 Å². The number of piperazine rings is 1. The lowest BCUT2D eigenvalue weighted by Gasteiger charge is -2.27. The third-order valence-electron chi connectivity index (χ3n) is 4.03. The Hall–Kier alpha value is -3.82. The number of amides is 2. The second-order valence-electron chi connectivity index (χ2n) is 5.87. The van der Waals surface area contributed by atoms with Crippen molar-refractivity contribution in [1.29, 1.82) is 0 Å². The number of pyridine rings is 2. The van der Waals surface area contributed by atoms with Crippen molar-refractivity contribution in [2.45, 2.75) is 0 Å². The molecule has 3 aromatic heterocycles. The quantitative estimate of drug-likeness (QED) is 0.681. The lowest BCUT2D eigenvalue weighted by Crippen LogP contribution is -2.48. The number of carbonyl (C=O) groups is 2. The van der Waals surface area contributed by atoms with Gasteiger partial charge in [0.15, 0.2) is 5.82 Å². The molecule has 0 saturated carbocycles. The van der Waals surface area contributed by atoms with Crippen LogP contribution in [0, 0.1) is 0 Å². The third-order valence-corrected chi connectivity index (χ3v) is 4.03. The standard InChI is InChI=1S/C17H16N8O2/c26-16-9-24(6-5-20-16)14-2-1-13(8-21-14)23-17(27)12-3-4-19-15(7-12)25-11-18-10-22-25/h1-4,7-8,10-11H,5-6,9H2,(H,20,26)(H,23,27). The Balaban J connectivity index is 1.45. The number of hydrogen-bond acceptors (Lipinski definition) is 7. The van der Waals surface area contributed by atoms with Crippen LogP contribution in [0.1, 0.15) is 10.4 Å². The Morgan fingerprint density at radius 2 is 2.11 bits per heavy atom. The average Bonchev–Trinajstić information content (AvgIpc) is 3.24. The highest BCUT2D eigenvalue weighted by Crippen LogP contribution is 2.16. The molecule has 4 rings (SSSR count). The van der Waals surface area contributed by atoms with Crippen molar-refractivity contribution >= 4 is 23.3 Å². The smallest absolute Gasteiger partial charge is 0.255 e. The number of carbonyl (C=O) groups excluding carboxylic acids is 2. The van der Waals surface area contributed by atoms with Gasteiger partial charge < -0.3 is 15.5 Å². The van der Waals surface area contributed by atoms with Crippen molar-refractivity contribution in [2.24, 2.45) is 0 Å². The molecule has 0 aliphatic carbocycles. The summed E-state index contributed by atoms with van der Waals surface area (Å²) in [4.78, 5) is 38.2. The van der Waals surface area contributed by atoms with Crippen LogP contribution >= 0.6 is 0 Å². The Morgan fingerprint density at radius 1 is 1.19 bits per heavy atom. The Morgan fingerprint density at radius 3 is 2.85 bits per heavy atom.